The normalized spacial score (nSPS) is 12.8. The van der Waals surface area contributed by atoms with Gasteiger partial charge < -0.3 is 9.13 Å². The maximum Gasteiger partial charge on any atom is 0.113 e. The van der Waals surface area contributed by atoms with Crippen LogP contribution in [0.3, 0.4) is 0 Å². The van der Waals surface area contributed by atoms with Gasteiger partial charge in [0, 0.05) is 27.2 Å². The second kappa shape index (κ2) is 12.6. The van der Waals surface area contributed by atoms with Gasteiger partial charge in [0.25, 0.3) is 0 Å². The maximum absolute atomic E-state index is 6.83. The summed E-state index contributed by atoms with van der Waals surface area (Å²) in [5.74, 6) is 0. The van der Waals surface area contributed by atoms with Crippen molar-refractivity contribution in [1.82, 2.24) is 9.13 Å². The quantitative estimate of drug-likeness (QED) is 0.170. The summed E-state index contributed by atoms with van der Waals surface area (Å²) in [4.78, 5) is 0. The summed E-state index contributed by atoms with van der Waals surface area (Å²) < 4.78 is 4.81. The Bertz CT molecular complexity index is 2760. The molecule has 0 saturated carbocycles. The minimum absolute atomic E-state index is 0.00597. The Morgan fingerprint density at radius 1 is 0.418 bits per heavy atom. The van der Waals surface area contributed by atoms with Crippen LogP contribution in [0.15, 0.2) is 97.1 Å². The molecule has 55 heavy (non-hydrogen) atoms. The molecule has 260 valence electrons. The Morgan fingerprint density at radius 2 is 0.909 bits per heavy atom. The molecule has 0 unspecified atom stereocenters. The molecule has 0 aliphatic rings. The van der Waals surface area contributed by atoms with E-state index in [9.17, 15) is 0 Å². The zero-order valence-corrected chi connectivity index (χ0v) is 33.5. The van der Waals surface area contributed by atoms with Crippen LogP contribution in [0.2, 0.25) is 0 Å². The average Bonchev–Trinajstić information content (AvgIpc) is 3.64. The van der Waals surface area contributed by atoms with Crippen LogP contribution in [0, 0.1) is 0 Å². The summed E-state index contributed by atoms with van der Waals surface area (Å²) in [6, 6.07) is 35.3. The fraction of sp³-hybridized carbons (Fsp3) is 0.250. The SMILES string of the molecule is [B]c1c([B])c([B])c(-c2cccc3c2c2c(C(C)(C)C)c(-n4c5ccc(C(C)(C)C)cc5c5cc(C(C)(C)C)ccc54)ccc2n3-c2ccccc2)c([B])c1[B]. The molecule has 0 aliphatic carbocycles. The molecule has 8 rings (SSSR count). The van der Waals surface area contributed by atoms with E-state index in [4.69, 9.17) is 39.2 Å². The summed E-state index contributed by atoms with van der Waals surface area (Å²) in [5.41, 5.74) is 12.8. The number of benzene rings is 6. The van der Waals surface area contributed by atoms with Crippen molar-refractivity contribution in [3.63, 3.8) is 0 Å². The van der Waals surface area contributed by atoms with Crippen molar-refractivity contribution < 1.29 is 0 Å². The molecule has 0 amide bonds. The number of hydrogen-bond donors (Lipinski definition) is 0. The lowest BCUT2D eigenvalue weighted by Gasteiger charge is -2.27. The average molecular weight is 702 g/mol. The smallest absolute Gasteiger partial charge is 0.113 e. The molecule has 2 nitrogen and oxygen atoms in total. The second-order valence-corrected chi connectivity index (χ2v) is 18.2. The van der Waals surface area contributed by atoms with Gasteiger partial charge in [0.05, 0.1) is 27.8 Å². The number of hydrogen-bond acceptors (Lipinski definition) is 0. The summed E-state index contributed by atoms with van der Waals surface area (Å²) in [6.07, 6.45) is 0. The molecule has 6 aromatic carbocycles. The van der Waals surface area contributed by atoms with Gasteiger partial charge in [-0.15, -0.1) is 16.4 Å². The Morgan fingerprint density at radius 3 is 1.42 bits per heavy atom. The van der Waals surface area contributed by atoms with E-state index in [1.807, 2.05) is 12.1 Å². The highest BCUT2D eigenvalue weighted by molar-refractivity contribution is 6.69. The van der Waals surface area contributed by atoms with Gasteiger partial charge in [-0.2, -0.15) is 0 Å². The summed E-state index contributed by atoms with van der Waals surface area (Å²) in [7, 11) is 33.0. The van der Waals surface area contributed by atoms with Crippen molar-refractivity contribution in [3.05, 3.63) is 114 Å². The van der Waals surface area contributed by atoms with Crippen molar-refractivity contribution in [2.75, 3.05) is 0 Å². The lowest BCUT2D eigenvalue weighted by molar-refractivity contribution is 0.590. The molecule has 2 heterocycles. The highest BCUT2D eigenvalue weighted by Crippen LogP contribution is 2.47. The Labute approximate surface area is 332 Å². The predicted octanol–water partition coefficient (Wildman–Crippen LogP) is 7.41. The Hall–Kier alpha value is -4.76. The molecule has 0 bridgehead atoms. The van der Waals surface area contributed by atoms with Gasteiger partial charge in [-0.1, -0.05) is 116 Å². The molecule has 0 saturated heterocycles. The van der Waals surface area contributed by atoms with Gasteiger partial charge in [0.15, 0.2) is 0 Å². The van der Waals surface area contributed by atoms with E-state index >= 15 is 0 Å². The van der Waals surface area contributed by atoms with Crippen LogP contribution in [0.5, 0.6) is 0 Å². The summed E-state index contributed by atoms with van der Waals surface area (Å²) in [5, 5.41) is 4.62. The molecular formula is C48H43B5N2. The van der Waals surface area contributed by atoms with Crippen LogP contribution in [0.25, 0.3) is 66.1 Å². The molecular weight excluding hydrogens is 659 g/mol. The maximum atomic E-state index is 6.83. The first-order valence-corrected chi connectivity index (χ1v) is 19.1. The zero-order chi connectivity index (χ0) is 39.5. The van der Waals surface area contributed by atoms with Crippen LogP contribution in [0.1, 0.15) is 79.0 Å². The van der Waals surface area contributed by atoms with Gasteiger partial charge in [0.1, 0.15) is 39.2 Å². The van der Waals surface area contributed by atoms with E-state index in [1.165, 1.54) is 38.5 Å². The number of aromatic nitrogens is 2. The van der Waals surface area contributed by atoms with E-state index in [0.717, 1.165) is 38.7 Å². The molecule has 0 spiro atoms. The minimum Gasteiger partial charge on any atom is -0.309 e. The topological polar surface area (TPSA) is 9.86 Å². The van der Waals surface area contributed by atoms with Crippen molar-refractivity contribution in [3.8, 4) is 22.5 Å². The van der Waals surface area contributed by atoms with E-state index in [-0.39, 0.29) is 32.6 Å². The van der Waals surface area contributed by atoms with E-state index in [0.29, 0.717) is 16.5 Å². The third kappa shape index (κ3) is 5.75. The summed E-state index contributed by atoms with van der Waals surface area (Å²) in [6.45, 7) is 20.6. The van der Waals surface area contributed by atoms with Crippen molar-refractivity contribution in [2.45, 2.75) is 78.6 Å². The third-order valence-corrected chi connectivity index (χ3v) is 11.4. The number of fused-ring (bicyclic) bond motifs is 6. The molecule has 2 aromatic heterocycles. The summed E-state index contributed by atoms with van der Waals surface area (Å²) >= 11 is 0. The van der Waals surface area contributed by atoms with Crippen molar-refractivity contribution >= 4 is 110 Å². The lowest BCUT2D eigenvalue weighted by Crippen LogP contribution is -2.55. The monoisotopic (exact) mass is 702 g/mol. The molecule has 0 N–H and O–H groups in total. The lowest BCUT2D eigenvalue weighted by atomic mass is 9.59. The van der Waals surface area contributed by atoms with Gasteiger partial charge in [-0.3, -0.25) is 0 Å². The molecule has 0 aliphatic heterocycles. The Balaban J connectivity index is 1.60. The molecule has 0 atom stereocenters. The fourth-order valence-corrected chi connectivity index (χ4v) is 8.50. The standard InChI is InChI=1S/C48H43B5N2/c1-46(2,3)26-18-20-32-30(24-26)31-25-27(47(4,5)6)19-21-33(31)55(32)36-23-22-35-39(40(36)48(7,8)9)37-29(38-41(49)43(51)45(53)44(52)42(38)50)16-13-17-34(37)54(35)28-14-11-10-12-15-28/h10-25H,1-9H3. The molecule has 0 fully saturated rings. The van der Waals surface area contributed by atoms with Gasteiger partial charge >= 0.3 is 0 Å². The highest BCUT2D eigenvalue weighted by atomic mass is 15.0. The zero-order valence-electron chi connectivity index (χ0n) is 33.5. The Kier molecular flexibility index (Phi) is 8.54. The van der Waals surface area contributed by atoms with Gasteiger partial charge in [-0.05, 0) is 98.7 Å². The van der Waals surface area contributed by atoms with Gasteiger partial charge in [0.2, 0.25) is 0 Å². The predicted molar refractivity (Wildman–Crippen MR) is 244 cm³/mol. The molecule has 7 heteroatoms. The largest absolute Gasteiger partial charge is 0.309 e. The first-order valence-electron chi connectivity index (χ1n) is 19.1. The first kappa shape index (κ1) is 37.2. The van der Waals surface area contributed by atoms with Crippen LogP contribution in [-0.4, -0.2) is 48.4 Å². The minimum atomic E-state index is -0.326. The van der Waals surface area contributed by atoms with Crippen LogP contribution < -0.4 is 27.3 Å². The van der Waals surface area contributed by atoms with Crippen LogP contribution >= 0.6 is 0 Å². The van der Waals surface area contributed by atoms with Crippen molar-refractivity contribution in [1.29, 1.82) is 0 Å². The van der Waals surface area contributed by atoms with Gasteiger partial charge in [-0.25, -0.2) is 0 Å². The second-order valence-electron chi connectivity index (χ2n) is 18.2. The van der Waals surface area contributed by atoms with E-state index in [1.54, 1.807) is 0 Å². The number of rotatable bonds is 3. The van der Waals surface area contributed by atoms with Crippen LogP contribution in [0.4, 0.5) is 0 Å². The first-order chi connectivity index (χ1) is 25.8. The van der Waals surface area contributed by atoms with Crippen LogP contribution in [-0.2, 0) is 16.2 Å². The van der Waals surface area contributed by atoms with Crippen molar-refractivity contribution in [2.24, 2.45) is 0 Å². The molecule has 10 radical (unpaired) electrons. The van der Waals surface area contributed by atoms with E-state index < -0.39 is 0 Å². The van der Waals surface area contributed by atoms with E-state index in [2.05, 4.69) is 156 Å². The number of nitrogens with zero attached hydrogens (tertiary/aromatic N) is 2. The highest BCUT2D eigenvalue weighted by Gasteiger charge is 2.30. The fourth-order valence-electron chi connectivity index (χ4n) is 8.50. The molecule has 8 aromatic rings. The number of para-hydroxylation sites is 1. The third-order valence-electron chi connectivity index (χ3n) is 11.4.